The highest BCUT2D eigenvalue weighted by atomic mass is 16.4. The number of rotatable bonds is 4. The first-order chi connectivity index (χ1) is 8.66. The summed E-state index contributed by atoms with van der Waals surface area (Å²) < 4.78 is 0. The average Bonchev–Trinajstić information content (AvgIpc) is 2.37. The van der Waals surface area contributed by atoms with Crippen LogP contribution in [0.4, 0.5) is 0 Å². The first-order valence-electron chi connectivity index (χ1n) is 6.23. The van der Waals surface area contributed by atoms with Crippen molar-refractivity contribution in [2.45, 2.75) is 32.2 Å². The molecule has 1 N–H and O–H groups in total. The highest BCUT2D eigenvalue weighted by molar-refractivity contribution is 5.77. The minimum Gasteiger partial charge on any atom is -0.481 e. The van der Waals surface area contributed by atoms with Crippen LogP contribution in [-0.2, 0) is 22.6 Å². The van der Waals surface area contributed by atoms with Crippen LogP contribution >= 0.6 is 0 Å². The summed E-state index contributed by atoms with van der Waals surface area (Å²) in [6.45, 7) is 1.39. The zero-order valence-corrected chi connectivity index (χ0v) is 10.3. The Labute approximate surface area is 106 Å². The van der Waals surface area contributed by atoms with Gasteiger partial charge in [0.05, 0.1) is 0 Å². The van der Waals surface area contributed by atoms with Gasteiger partial charge in [-0.15, -0.1) is 0 Å². The number of fused-ring (bicyclic) bond motifs is 1. The number of benzene rings is 1. The topological polar surface area (TPSA) is 57.6 Å². The molecule has 1 amide bonds. The first-order valence-corrected chi connectivity index (χ1v) is 6.23. The van der Waals surface area contributed by atoms with Crippen molar-refractivity contribution < 1.29 is 14.7 Å². The van der Waals surface area contributed by atoms with E-state index in [1.807, 2.05) is 23.1 Å². The fourth-order valence-corrected chi connectivity index (χ4v) is 2.26. The Morgan fingerprint density at radius 1 is 1.17 bits per heavy atom. The van der Waals surface area contributed by atoms with Crippen molar-refractivity contribution in [3.05, 3.63) is 35.4 Å². The Kier molecular flexibility index (Phi) is 3.97. The Hall–Kier alpha value is -1.84. The lowest BCUT2D eigenvalue weighted by molar-refractivity contribution is -0.137. The summed E-state index contributed by atoms with van der Waals surface area (Å²) in [7, 11) is 0. The van der Waals surface area contributed by atoms with Crippen LogP contribution in [0.25, 0.3) is 0 Å². The van der Waals surface area contributed by atoms with Crippen LogP contribution in [0.5, 0.6) is 0 Å². The van der Waals surface area contributed by atoms with Gasteiger partial charge in [-0.25, -0.2) is 0 Å². The molecule has 0 atom stereocenters. The third kappa shape index (κ3) is 3.09. The molecule has 0 saturated carbocycles. The molecule has 2 rings (SSSR count). The van der Waals surface area contributed by atoms with Crippen LogP contribution in [0.15, 0.2) is 24.3 Å². The van der Waals surface area contributed by atoms with Gasteiger partial charge in [0.1, 0.15) is 0 Å². The molecular formula is C14H17NO3. The highest BCUT2D eigenvalue weighted by Crippen LogP contribution is 2.19. The predicted molar refractivity (Wildman–Crippen MR) is 67.0 cm³/mol. The maximum absolute atomic E-state index is 11.9. The quantitative estimate of drug-likeness (QED) is 0.883. The molecule has 0 unspecified atom stereocenters. The van der Waals surface area contributed by atoms with E-state index in [9.17, 15) is 9.59 Å². The molecule has 0 spiro atoms. The molecule has 0 radical (unpaired) electrons. The zero-order chi connectivity index (χ0) is 13.0. The van der Waals surface area contributed by atoms with Gasteiger partial charge in [-0.2, -0.15) is 0 Å². The minimum atomic E-state index is -0.841. The number of carbonyl (C=O) groups is 2. The summed E-state index contributed by atoms with van der Waals surface area (Å²) in [6.07, 6.45) is 1.71. The van der Waals surface area contributed by atoms with E-state index in [4.69, 9.17) is 5.11 Å². The van der Waals surface area contributed by atoms with Gasteiger partial charge in [0.15, 0.2) is 0 Å². The van der Waals surface area contributed by atoms with E-state index in [1.54, 1.807) is 0 Å². The molecule has 18 heavy (non-hydrogen) atoms. The number of hydrogen-bond acceptors (Lipinski definition) is 2. The smallest absolute Gasteiger partial charge is 0.303 e. The monoisotopic (exact) mass is 247 g/mol. The molecule has 0 saturated heterocycles. The largest absolute Gasteiger partial charge is 0.481 e. The normalized spacial score (nSPS) is 14.1. The van der Waals surface area contributed by atoms with Gasteiger partial charge in [-0.05, 0) is 24.0 Å². The third-order valence-corrected chi connectivity index (χ3v) is 3.26. The number of carboxylic acids is 1. The number of carboxylic acid groups (broad SMARTS) is 1. The standard InChI is InChI=1S/C14H17NO3/c16-13(6-3-7-14(17)18)15-9-8-11-4-1-2-5-12(11)10-15/h1-2,4-5H,3,6-10H2,(H,17,18). The van der Waals surface area contributed by atoms with E-state index < -0.39 is 5.97 Å². The molecule has 96 valence electrons. The van der Waals surface area contributed by atoms with Crippen molar-refractivity contribution in [2.24, 2.45) is 0 Å². The lowest BCUT2D eigenvalue weighted by Gasteiger charge is -2.28. The fourth-order valence-electron chi connectivity index (χ4n) is 2.26. The molecule has 1 aromatic rings. The van der Waals surface area contributed by atoms with E-state index >= 15 is 0 Å². The number of nitrogens with zero attached hydrogens (tertiary/aromatic N) is 1. The van der Waals surface area contributed by atoms with Crippen molar-refractivity contribution >= 4 is 11.9 Å². The molecule has 1 aliphatic heterocycles. The van der Waals surface area contributed by atoms with Gasteiger partial charge in [-0.1, -0.05) is 24.3 Å². The lowest BCUT2D eigenvalue weighted by atomic mass is 9.99. The van der Waals surface area contributed by atoms with E-state index in [1.165, 1.54) is 11.1 Å². The van der Waals surface area contributed by atoms with Crippen LogP contribution in [0, 0.1) is 0 Å². The molecule has 0 bridgehead atoms. The molecule has 1 aromatic carbocycles. The van der Waals surface area contributed by atoms with E-state index in [2.05, 4.69) is 6.07 Å². The Bertz CT molecular complexity index is 456. The maximum atomic E-state index is 11.9. The average molecular weight is 247 g/mol. The maximum Gasteiger partial charge on any atom is 0.303 e. The van der Waals surface area contributed by atoms with Crippen LogP contribution in [0.2, 0.25) is 0 Å². The molecule has 4 nitrogen and oxygen atoms in total. The van der Waals surface area contributed by atoms with E-state index in [0.717, 1.165) is 13.0 Å². The zero-order valence-electron chi connectivity index (χ0n) is 10.3. The Morgan fingerprint density at radius 2 is 1.89 bits per heavy atom. The van der Waals surface area contributed by atoms with Crippen molar-refractivity contribution in [2.75, 3.05) is 6.54 Å². The molecule has 1 aliphatic rings. The SMILES string of the molecule is O=C(O)CCCC(=O)N1CCc2ccccc2C1. The second-order valence-electron chi connectivity index (χ2n) is 4.58. The van der Waals surface area contributed by atoms with Crippen LogP contribution in [0.3, 0.4) is 0 Å². The van der Waals surface area contributed by atoms with Gasteiger partial charge >= 0.3 is 5.97 Å². The summed E-state index contributed by atoms with van der Waals surface area (Å²) in [4.78, 5) is 24.1. The van der Waals surface area contributed by atoms with E-state index in [-0.39, 0.29) is 12.3 Å². The summed E-state index contributed by atoms with van der Waals surface area (Å²) in [5.41, 5.74) is 2.52. The summed E-state index contributed by atoms with van der Waals surface area (Å²) in [5.74, 6) is -0.780. The third-order valence-electron chi connectivity index (χ3n) is 3.26. The first kappa shape index (κ1) is 12.6. The fraction of sp³-hybridized carbons (Fsp3) is 0.429. The number of aliphatic carboxylic acids is 1. The summed E-state index contributed by atoms with van der Waals surface area (Å²) >= 11 is 0. The minimum absolute atomic E-state index is 0.0609. The van der Waals surface area contributed by atoms with Crippen LogP contribution in [-0.4, -0.2) is 28.4 Å². The molecule has 4 heteroatoms. The second kappa shape index (κ2) is 5.67. The molecule has 1 heterocycles. The van der Waals surface area contributed by atoms with Crippen molar-refractivity contribution in [1.29, 1.82) is 0 Å². The van der Waals surface area contributed by atoms with Gasteiger partial charge < -0.3 is 10.0 Å². The second-order valence-corrected chi connectivity index (χ2v) is 4.58. The Morgan fingerprint density at radius 3 is 2.61 bits per heavy atom. The van der Waals surface area contributed by atoms with Gasteiger partial charge in [0.25, 0.3) is 0 Å². The van der Waals surface area contributed by atoms with Gasteiger partial charge in [0.2, 0.25) is 5.91 Å². The van der Waals surface area contributed by atoms with Crippen molar-refractivity contribution in [3.63, 3.8) is 0 Å². The number of carbonyl (C=O) groups excluding carboxylic acids is 1. The molecule has 0 aromatic heterocycles. The number of hydrogen-bond donors (Lipinski definition) is 1. The molecular weight excluding hydrogens is 230 g/mol. The van der Waals surface area contributed by atoms with Gasteiger partial charge in [0, 0.05) is 25.9 Å². The lowest BCUT2D eigenvalue weighted by Crippen LogP contribution is -2.35. The summed E-state index contributed by atoms with van der Waals surface area (Å²) in [6, 6.07) is 8.15. The molecule has 0 aliphatic carbocycles. The van der Waals surface area contributed by atoms with Crippen LogP contribution < -0.4 is 0 Å². The number of amides is 1. The van der Waals surface area contributed by atoms with Gasteiger partial charge in [-0.3, -0.25) is 9.59 Å². The highest BCUT2D eigenvalue weighted by Gasteiger charge is 2.19. The van der Waals surface area contributed by atoms with Crippen molar-refractivity contribution in [1.82, 2.24) is 4.90 Å². The molecule has 0 fully saturated rings. The summed E-state index contributed by atoms with van der Waals surface area (Å²) in [5, 5.41) is 8.54. The Balaban J connectivity index is 1.88. The van der Waals surface area contributed by atoms with Crippen LogP contribution in [0.1, 0.15) is 30.4 Å². The van der Waals surface area contributed by atoms with Crippen molar-refractivity contribution in [3.8, 4) is 0 Å². The van der Waals surface area contributed by atoms with E-state index in [0.29, 0.717) is 19.4 Å². The predicted octanol–water partition coefficient (Wildman–Crippen LogP) is 1.83.